The molecule has 4 N–H and O–H groups in total. The maximum Gasteiger partial charge on any atom is 0.138 e. The van der Waals surface area contributed by atoms with Gasteiger partial charge in [0.15, 0.2) is 0 Å². The molecule has 224 valence electrons. The topological polar surface area (TPSA) is 107 Å². The van der Waals surface area contributed by atoms with Crippen molar-refractivity contribution >= 4 is 48.9 Å². The van der Waals surface area contributed by atoms with Gasteiger partial charge in [0.25, 0.3) is 0 Å². The Labute approximate surface area is 256 Å². The first-order valence-electron chi connectivity index (χ1n) is 14.1. The zero-order valence-electron chi connectivity index (χ0n) is 25.3. The molecule has 0 aliphatic heterocycles. The van der Waals surface area contributed by atoms with Crippen LogP contribution in [0.15, 0.2) is 79.4 Å². The van der Waals surface area contributed by atoms with E-state index in [-0.39, 0.29) is 11.2 Å². The molecule has 0 aliphatic rings. The Balaban J connectivity index is 1.37. The van der Waals surface area contributed by atoms with E-state index in [1.807, 2.05) is 42.7 Å². The van der Waals surface area contributed by atoms with E-state index in [0.717, 1.165) is 55.9 Å². The van der Waals surface area contributed by atoms with Crippen LogP contribution in [0.25, 0.3) is 55.8 Å². The monoisotopic (exact) mass is 606 g/mol. The SMILES string of the molecule is C=C(Nc1cncc(-c2ccc3[nH]nc(-c4cc5c(-c6cc(F)cc(CNS(=C)(=C)C)c6)ccnc5[nH]4)c3n2)c1)C(C)(C)C. The van der Waals surface area contributed by atoms with Crippen molar-refractivity contribution in [1.29, 1.82) is 0 Å². The Kier molecular flexibility index (Phi) is 7.35. The molecule has 0 saturated carbocycles. The van der Waals surface area contributed by atoms with E-state index in [9.17, 15) is 4.39 Å². The van der Waals surface area contributed by atoms with Crippen molar-refractivity contribution in [1.82, 2.24) is 34.9 Å². The van der Waals surface area contributed by atoms with Gasteiger partial charge < -0.3 is 10.3 Å². The highest BCUT2D eigenvalue weighted by atomic mass is 32.2. The van der Waals surface area contributed by atoms with E-state index in [1.165, 1.54) is 12.1 Å². The van der Waals surface area contributed by atoms with Crippen LogP contribution in [0.1, 0.15) is 26.3 Å². The van der Waals surface area contributed by atoms with Crippen LogP contribution in [-0.2, 0) is 6.54 Å². The highest BCUT2D eigenvalue weighted by Crippen LogP contribution is 2.34. The molecule has 6 rings (SSSR count). The molecular formula is C34H35FN8S. The van der Waals surface area contributed by atoms with Crippen molar-refractivity contribution < 1.29 is 4.39 Å². The molecule has 0 bridgehead atoms. The summed E-state index contributed by atoms with van der Waals surface area (Å²) in [7, 11) is -1.43. The first kappa shape index (κ1) is 29.3. The average molecular weight is 607 g/mol. The lowest BCUT2D eigenvalue weighted by Gasteiger charge is -2.23. The standard InChI is InChI=1S/C34H35FN8S/c1-20(34(2,3)4)39-25-15-23(18-36-19-25)28-8-9-29-31(40-28)32(43-42-29)30-16-27-26(10-11-37-33(27)41-30)22-12-21(13-24(35)14-22)17-38-44(5,6)7/h8-16,18-19,38-39H,1,5-6,17H2,2-4,7H3,(H,37,41)(H,42,43). The molecule has 0 atom stereocenters. The van der Waals surface area contributed by atoms with Crippen LogP contribution in [0, 0.1) is 11.2 Å². The van der Waals surface area contributed by atoms with Gasteiger partial charge in [-0.3, -0.25) is 14.8 Å². The maximum absolute atomic E-state index is 14.7. The lowest BCUT2D eigenvalue weighted by molar-refractivity contribution is 0.509. The molecule has 0 spiro atoms. The van der Waals surface area contributed by atoms with E-state index >= 15 is 0 Å². The summed E-state index contributed by atoms with van der Waals surface area (Å²) in [5.41, 5.74) is 9.29. The maximum atomic E-state index is 14.7. The third-order valence-electron chi connectivity index (χ3n) is 7.32. The number of aromatic nitrogens is 6. The zero-order valence-corrected chi connectivity index (χ0v) is 26.1. The van der Waals surface area contributed by atoms with E-state index in [4.69, 9.17) is 4.98 Å². The summed E-state index contributed by atoms with van der Waals surface area (Å²) >= 11 is 0. The minimum atomic E-state index is -1.43. The Hall–Kier alpha value is -4.80. The number of nitrogens with one attached hydrogen (secondary N) is 4. The number of halogens is 1. The second kappa shape index (κ2) is 11.0. The second-order valence-corrected chi connectivity index (χ2v) is 15.1. The van der Waals surface area contributed by atoms with Crippen LogP contribution in [0.5, 0.6) is 0 Å². The number of hydrogen-bond donors (Lipinski definition) is 4. The van der Waals surface area contributed by atoms with Gasteiger partial charge in [-0.05, 0) is 71.5 Å². The molecule has 0 unspecified atom stereocenters. The van der Waals surface area contributed by atoms with Crippen molar-refractivity contribution in [3.63, 3.8) is 0 Å². The van der Waals surface area contributed by atoms with Crippen molar-refractivity contribution in [2.24, 2.45) is 5.41 Å². The molecule has 8 nitrogen and oxygen atoms in total. The lowest BCUT2D eigenvalue weighted by atomic mass is 9.93. The van der Waals surface area contributed by atoms with Gasteiger partial charge in [0.1, 0.15) is 22.7 Å². The van der Waals surface area contributed by atoms with Gasteiger partial charge in [-0.25, -0.2) is 14.4 Å². The largest absolute Gasteiger partial charge is 0.358 e. The van der Waals surface area contributed by atoms with Crippen LogP contribution in [0.3, 0.4) is 0 Å². The number of rotatable bonds is 8. The quantitative estimate of drug-likeness (QED) is 0.133. The fourth-order valence-corrected chi connectivity index (χ4v) is 5.34. The highest BCUT2D eigenvalue weighted by Gasteiger charge is 2.18. The average Bonchev–Trinajstić information content (AvgIpc) is 3.59. The summed E-state index contributed by atoms with van der Waals surface area (Å²) in [6.45, 7) is 11.0. The Morgan fingerprint density at radius 1 is 1.02 bits per heavy atom. The number of allylic oxidation sites excluding steroid dienone is 1. The predicted octanol–water partition coefficient (Wildman–Crippen LogP) is 7.64. The van der Waals surface area contributed by atoms with Crippen LogP contribution in [0.4, 0.5) is 10.1 Å². The third kappa shape index (κ3) is 6.13. The molecule has 0 amide bonds. The summed E-state index contributed by atoms with van der Waals surface area (Å²) < 4.78 is 18.0. The molecular weight excluding hydrogens is 571 g/mol. The predicted molar refractivity (Wildman–Crippen MR) is 184 cm³/mol. The van der Waals surface area contributed by atoms with E-state index in [0.29, 0.717) is 23.4 Å². The lowest BCUT2D eigenvalue weighted by Crippen LogP contribution is -2.15. The Bertz CT molecular complexity index is 2150. The summed E-state index contributed by atoms with van der Waals surface area (Å²) in [4.78, 5) is 17.4. The summed E-state index contributed by atoms with van der Waals surface area (Å²) in [5.74, 6) is 7.80. The second-order valence-electron chi connectivity index (χ2n) is 12.2. The van der Waals surface area contributed by atoms with Crippen LogP contribution >= 0.6 is 9.39 Å². The number of pyridine rings is 3. The molecule has 1 aromatic carbocycles. The summed E-state index contributed by atoms with van der Waals surface area (Å²) in [6.07, 6.45) is 7.23. The van der Waals surface area contributed by atoms with Crippen molar-refractivity contribution in [3.8, 4) is 33.8 Å². The molecule has 5 aromatic heterocycles. The number of anilines is 1. The van der Waals surface area contributed by atoms with Crippen molar-refractivity contribution in [3.05, 3.63) is 90.8 Å². The van der Waals surface area contributed by atoms with Gasteiger partial charge in [0.2, 0.25) is 0 Å². The zero-order chi connectivity index (χ0) is 31.2. The van der Waals surface area contributed by atoms with E-state index < -0.39 is 9.39 Å². The molecule has 6 aromatic rings. The van der Waals surface area contributed by atoms with Gasteiger partial charge in [0.05, 0.1) is 28.8 Å². The summed E-state index contributed by atoms with van der Waals surface area (Å²) in [5, 5.41) is 11.9. The fourth-order valence-electron chi connectivity index (χ4n) is 4.83. The Morgan fingerprint density at radius 3 is 2.61 bits per heavy atom. The minimum Gasteiger partial charge on any atom is -0.358 e. The number of aromatic amines is 2. The molecule has 0 fully saturated rings. The number of fused-ring (bicyclic) bond motifs is 2. The third-order valence-corrected chi connectivity index (χ3v) is 8.16. The molecule has 10 heteroatoms. The van der Waals surface area contributed by atoms with Gasteiger partial charge in [0, 0.05) is 41.0 Å². The highest BCUT2D eigenvalue weighted by molar-refractivity contribution is 8.25. The van der Waals surface area contributed by atoms with Crippen LogP contribution < -0.4 is 10.0 Å². The van der Waals surface area contributed by atoms with Gasteiger partial charge in [-0.2, -0.15) is 14.5 Å². The number of nitrogens with zero attached hydrogens (tertiary/aromatic N) is 4. The molecule has 44 heavy (non-hydrogen) atoms. The number of benzene rings is 1. The first-order chi connectivity index (χ1) is 20.8. The van der Waals surface area contributed by atoms with E-state index in [1.54, 1.807) is 18.6 Å². The molecule has 0 radical (unpaired) electrons. The molecule has 0 saturated heterocycles. The molecule has 0 aliphatic carbocycles. The van der Waals surface area contributed by atoms with Gasteiger partial charge in [-0.15, -0.1) is 0 Å². The van der Waals surface area contributed by atoms with Gasteiger partial charge in [-0.1, -0.05) is 39.1 Å². The smallest absolute Gasteiger partial charge is 0.138 e. The normalized spacial score (nSPS) is 12.2. The summed E-state index contributed by atoms with van der Waals surface area (Å²) in [6, 6.07) is 14.8. The van der Waals surface area contributed by atoms with Gasteiger partial charge >= 0.3 is 0 Å². The molecule has 5 heterocycles. The number of hydrogen-bond acceptors (Lipinski definition) is 6. The van der Waals surface area contributed by atoms with Crippen LogP contribution in [-0.4, -0.2) is 48.1 Å². The number of H-pyrrole nitrogens is 2. The first-order valence-corrected chi connectivity index (χ1v) is 16.5. The van der Waals surface area contributed by atoms with Crippen LogP contribution in [0.2, 0.25) is 0 Å². The van der Waals surface area contributed by atoms with Crippen molar-refractivity contribution in [2.75, 3.05) is 11.6 Å². The van der Waals surface area contributed by atoms with Crippen molar-refractivity contribution in [2.45, 2.75) is 27.3 Å². The van der Waals surface area contributed by atoms with E-state index in [2.05, 4.69) is 74.3 Å². The Morgan fingerprint density at radius 2 is 1.84 bits per heavy atom. The fraction of sp³-hybridized carbons (Fsp3) is 0.176. The minimum absolute atomic E-state index is 0.0934.